The summed E-state index contributed by atoms with van der Waals surface area (Å²) in [4.78, 5) is 0. The highest BCUT2D eigenvalue weighted by Gasteiger charge is 1.98. The summed E-state index contributed by atoms with van der Waals surface area (Å²) in [7, 11) is 0. The first-order valence-electron chi connectivity index (χ1n) is 7.88. The Balaban J connectivity index is 1.66. The van der Waals surface area contributed by atoms with Gasteiger partial charge in [-0.15, -0.1) is 0 Å². The molecule has 3 aromatic rings. The lowest BCUT2D eigenvalue weighted by Gasteiger charge is -2.04. The van der Waals surface area contributed by atoms with Gasteiger partial charge in [0.15, 0.2) is 0 Å². The molecule has 0 saturated carbocycles. The molecule has 0 atom stereocenters. The Morgan fingerprint density at radius 1 is 0.783 bits per heavy atom. The molecule has 0 aliphatic rings. The molecule has 2 heteroatoms. The predicted molar refractivity (Wildman–Crippen MR) is 98.9 cm³/mol. The zero-order valence-electron chi connectivity index (χ0n) is 13.2. The third-order valence-corrected chi connectivity index (χ3v) is 3.79. The molecular weight excluding hydrogens is 280 g/mol. The Bertz CT molecular complexity index is 757. The number of aryl methyl sites for hydroxylation is 1. The zero-order chi connectivity index (χ0) is 15.9. The molecule has 0 radical (unpaired) electrons. The smallest absolute Gasteiger partial charge is 0.0561 e. The molecule has 0 heterocycles. The van der Waals surface area contributed by atoms with E-state index in [0.717, 1.165) is 17.7 Å². The fourth-order valence-corrected chi connectivity index (χ4v) is 2.39. The molecule has 23 heavy (non-hydrogen) atoms. The summed E-state index contributed by atoms with van der Waals surface area (Å²) in [6, 6.07) is 27.1. The molecule has 0 fully saturated rings. The maximum atomic E-state index is 4.26. The van der Waals surface area contributed by atoms with Crippen LogP contribution in [0.5, 0.6) is 0 Å². The number of para-hydroxylation sites is 1. The normalized spacial score (nSPS) is 10.8. The Morgan fingerprint density at radius 3 is 2.00 bits per heavy atom. The average Bonchev–Trinajstić information content (AvgIpc) is 2.63. The van der Waals surface area contributed by atoms with Crippen LogP contribution in [-0.2, 0) is 6.42 Å². The molecule has 3 aromatic carbocycles. The molecule has 2 nitrogen and oxygen atoms in total. The molecule has 0 unspecified atom stereocenters. The van der Waals surface area contributed by atoms with E-state index in [1.54, 1.807) is 0 Å². The van der Waals surface area contributed by atoms with Crippen molar-refractivity contribution in [2.45, 2.75) is 13.3 Å². The maximum absolute atomic E-state index is 4.26. The predicted octanol–water partition coefficient (Wildman–Crippen LogP) is 5.36. The van der Waals surface area contributed by atoms with Crippen molar-refractivity contribution in [2.24, 2.45) is 5.10 Å². The Labute approximate surface area is 137 Å². The standard InChI is InChI=1S/C21H20N2/c1-2-17-8-12-19(13-9-17)20-14-10-18(11-15-20)16-22-23-21-6-4-3-5-7-21/h3-16,23H,2H2,1H3. The highest BCUT2D eigenvalue weighted by Crippen LogP contribution is 2.20. The number of nitrogens with one attached hydrogen (secondary N) is 1. The molecule has 3 rings (SSSR count). The summed E-state index contributed by atoms with van der Waals surface area (Å²) in [6.45, 7) is 2.17. The first kappa shape index (κ1) is 15.0. The maximum Gasteiger partial charge on any atom is 0.0561 e. The molecule has 0 amide bonds. The van der Waals surface area contributed by atoms with Gasteiger partial charge < -0.3 is 0 Å². The van der Waals surface area contributed by atoms with E-state index in [2.05, 4.69) is 66.0 Å². The van der Waals surface area contributed by atoms with Gasteiger partial charge in [0.25, 0.3) is 0 Å². The van der Waals surface area contributed by atoms with Crippen molar-refractivity contribution in [1.82, 2.24) is 0 Å². The van der Waals surface area contributed by atoms with E-state index in [9.17, 15) is 0 Å². The Kier molecular flexibility index (Phi) is 4.85. The summed E-state index contributed by atoms with van der Waals surface area (Å²) in [5.41, 5.74) is 8.91. The largest absolute Gasteiger partial charge is 0.279 e. The third kappa shape index (κ3) is 4.07. The van der Waals surface area contributed by atoms with E-state index in [1.165, 1.54) is 16.7 Å². The van der Waals surface area contributed by atoms with Crippen LogP contribution in [-0.4, -0.2) is 6.21 Å². The summed E-state index contributed by atoms with van der Waals surface area (Å²) < 4.78 is 0. The summed E-state index contributed by atoms with van der Waals surface area (Å²) >= 11 is 0. The highest BCUT2D eigenvalue weighted by molar-refractivity contribution is 5.81. The number of rotatable bonds is 5. The topological polar surface area (TPSA) is 24.4 Å². The number of hydrogen-bond donors (Lipinski definition) is 1. The van der Waals surface area contributed by atoms with Crippen LogP contribution >= 0.6 is 0 Å². The van der Waals surface area contributed by atoms with Crippen molar-refractivity contribution < 1.29 is 0 Å². The summed E-state index contributed by atoms with van der Waals surface area (Å²) in [5.74, 6) is 0. The van der Waals surface area contributed by atoms with Crippen molar-refractivity contribution in [2.75, 3.05) is 5.43 Å². The van der Waals surface area contributed by atoms with Gasteiger partial charge in [-0.2, -0.15) is 5.10 Å². The minimum absolute atomic E-state index is 0.983. The van der Waals surface area contributed by atoms with Crippen molar-refractivity contribution in [1.29, 1.82) is 0 Å². The monoisotopic (exact) mass is 300 g/mol. The lowest BCUT2D eigenvalue weighted by Crippen LogP contribution is -1.90. The van der Waals surface area contributed by atoms with E-state index >= 15 is 0 Å². The van der Waals surface area contributed by atoms with E-state index in [-0.39, 0.29) is 0 Å². The van der Waals surface area contributed by atoms with Gasteiger partial charge in [0.1, 0.15) is 0 Å². The van der Waals surface area contributed by atoms with Crippen LogP contribution in [0.2, 0.25) is 0 Å². The average molecular weight is 300 g/mol. The first-order chi connectivity index (χ1) is 11.3. The Hall–Kier alpha value is -2.87. The number of benzene rings is 3. The summed E-state index contributed by atoms with van der Waals surface area (Å²) in [5, 5.41) is 4.26. The van der Waals surface area contributed by atoms with Crippen LogP contribution in [0.4, 0.5) is 5.69 Å². The first-order valence-corrected chi connectivity index (χ1v) is 7.88. The molecule has 0 aromatic heterocycles. The van der Waals surface area contributed by atoms with Crippen LogP contribution in [0.1, 0.15) is 18.1 Å². The molecule has 0 spiro atoms. The van der Waals surface area contributed by atoms with Gasteiger partial charge in [-0.05, 0) is 40.8 Å². The van der Waals surface area contributed by atoms with Gasteiger partial charge in [0.2, 0.25) is 0 Å². The van der Waals surface area contributed by atoms with Gasteiger partial charge in [-0.1, -0.05) is 73.7 Å². The highest BCUT2D eigenvalue weighted by atomic mass is 15.3. The number of nitrogens with zero attached hydrogens (tertiary/aromatic N) is 1. The van der Waals surface area contributed by atoms with Crippen molar-refractivity contribution >= 4 is 11.9 Å². The fraction of sp³-hybridized carbons (Fsp3) is 0.0952. The minimum atomic E-state index is 0.983. The number of hydrogen-bond acceptors (Lipinski definition) is 2. The molecular formula is C21H20N2. The third-order valence-electron chi connectivity index (χ3n) is 3.79. The van der Waals surface area contributed by atoms with E-state index < -0.39 is 0 Å². The van der Waals surface area contributed by atoms with Gasteiger partial charge in [-0.25, -0.2) is 0 Å². The Morgan fingerprint density at radius 2 is 1.39 bits per heavy atom. The van der Waals surface area contributed by atoms with Crippen molar-refractivity contribution in [3.8, 4) is 11.1 Å². The second kappa shape index (κ2) is 7.41. The second-order valence-electron chi connectivity index (χ2n) is 5.41. The second-order valence-corrected chi connectivity index (χ2v) is 5.41. The van der Waals surface area contributed by atoms with E-state index in [4.69, 9.17) is 0 Å². The van der Waals surface area contributed by atoms with Crippen LogP contribution in [0.25, 0.3) is 11.1 Å². The molecule has 0 aliphatic carbocycles. The van der Waals surface area contributed by atoms with E-state index in [0.29, 0.717) is 0 Å². The lowest BCUT2D eigenvalue weighted by molar-refractivity contribution is 1.14. The zero-order valence-corrected chi connectivity index (χ0v) is 13.2. The van der Waals surface area contributed by atoms with Gasteiger partial charge in [0, 0.05) is 0 Å². The van der Waals surface area contributed by atoms with Crippen LogP contribution in [0.15, 0.2) is 84.0 Å². The molecule has 1 N–H and O–H groups in total. The van der Waals surface area contributed by atoms with Gasteiger partial charge in [0.05, 0.1) is 11.9 Å². The minimum Gasteiger partial charge on any atom is -0.279 e. The van der Waals surface area contributed by atoms with Crippen LogP contribution in [0.3, 0.4) is 0 Å². The van der Waals surface area contributed by atoms with E-state index in [1.807, 2.05) is 36.5 Å². The SMILES string of the molecule is CCc1ccc(-c2ccc(C=NNc3ccccc3)cc2)cc1. The molecule has 0 saturated heterocycles. The van der Waals surface area contributed by atoms with Crippen molar-refractivity contribution in [3.05, 3.63) is 90.0 Å². The van der Waals surface area contributed by atoms with Gasteiger partial charge >= 0.3 is 0 Å². The van der Waals surface area contributed by atoms with Crippen LogP contribution in [0, 0.1) is 0 Å². The van der Waals surface area contributed by atoms with Crippen LogP contribution < -0.4 is 5.43 Å². The molecule has 114 valence electrons. The number of hydrazone groups is 1. The molecule has 0 bridgehead atoms. The molecule has 0 aliphatic heterocycles. The quantitative estimate of drug-likeness (QED) is 0.497. The lowest BCUT2D eigenvalue weighted by atomic mass is 10.0. The van der Waals surface area contributed by atoms with Crippen molar-refractivity contribution in [3.63, 3.8) is 0 Å². The van der Waals surface area contributed by atoms with Gasteiger partial charge in [-0.3, -0.25) is 5.43 Å². The summed E-state index contributed by atoms with van der Waals surface area (Å²) in [6.07, 6.45) is 2.90. The fourth-order valence-electron chi connectivity index (χ4n) is 2.39. The number of anilines is 1.